The van der Waals surface area contributed by atoms with Crippen LogP contribution >= 0.6 is 0 Å². The Morgan fingerprint density at radius 1 is 1.48 bits per heavy atom. The van der Waals surface area contributed by atoms with Crippen molar-refractivity contribution in [2.45, 2.75) is 20.8 Å². The number of hydrogen-bond acceptors (Lipinski definition) is 8. The lowest BCUT2D eigenvalue weighted by molar-refractivity contribution is -0.385. The van der Waals surface area contributed by atoms with Gasteiger partial charge in [-0.15, -0.1) is 0 Å². The number of rotatable bonds is 8. The molecular formula is C12H22N6O3. The van der Waals surface area contributed by atoms with E-state index in [2.05, 4.69) is 15.4 Å². The van der Waals surface area contributed by atoms with Crippen molar-refractivity contribution >= 4 is 17.5 Å². The third kappa shape index (κ3) is 4.50. The van der Waals surface area contributed by atoms with Gasteiger partial charge in [0.05, 0.1) is 11.5 Å². The molecule has 0 unspecified atom stereocenters. The molecule has 0 bridgehead atoms. The van der Waals surface area contributed by atoms with Crippen molar-refractivity contribution in [3.05, 3.63) is 15.8 Å². The highest BCUT2D eigenvalue weighted by Crippen LogP contribution is 2.30. The van der Waals surface area contributed by atoms with Crippen molar-refractivity contribution < 1.29 is 9.66 Å². The number of ether oxygens (including phenoxy) is 1. The lowest BCUT2D eigenvalue weighted by Crippen LogP contribution is -2.33. The summed E-state index contributed by atoms with van der Waals surface area (Å²) in [6.45, 7) is 7.18. The summed E-state index contributed by atoms with van der Waals surface area (Å²) >= 11 is 0. The van der Waals surface area contributed by atoms with Crippen molar-refractivity contribution in [2.24, 2.45) is 11.8 Å². The molecule has 1 aromatic heterocycles. The fourth-order valence-corrected chi connectivity index (χ4v) is 1.98. The van der Waals surface area contributed by atoms with Crippen LogP contribution in [-0.2, 0) is 4.74 Å². The van der Waals surface area contributed by atoms with Crippen LogP contribution in [-0.4, -0.2) is 41.7 Å². The van der Waals surface area contributed by atoms with Gasteiger partial charge in [0.1, 0.15) is 5.69 Å². The van der Waals surface area contributed by atoms with Gasteiger partial charge in [-0.05, 0) is 12.8 Å². The molecule has 9 nitrogen and oxygen atoms in total. The number of aromatic nitrogens is 2. The van der Waals surface area contributed by atoms with Crippen LogP contribution in [0.1, 0.15) is 19.5 Å². The van der Waals surface area contributed by atoms with Gasteiger partial charge in [-0.2, -0.15) is 4.98 Å². The summed E-state index contributed by atoms with van der Waals surface area (Å²) in [6, 6.07) is 0. The van der Waals surface area contributed by atoms with E-state index in [4.69, 9.17) is 10.6 Å². The molecule has 0 saturated heterocycles. The third-order valence-electron chi connectivity index (χ3n) is 2.80. The van der Waals surface area contributed by atoms with Crippen LogP contribution in [0.25, 0.3) is 0 Å². The van der Waals surface area contributed by atoms with Crippen LogP contribution in [0.15, 0.2) is 0 Å². The number of nitrogens with zero attached hydrogens (tertiary/aromatic N) is 4. The summed E-state index contributed by atoms with van der Waals surface area (Å²) in [5.74, 6) is 6.05. The number of nitro groups is 1. The lowest BCUT2D eigenvalue weighted by atomic mass is 10.2. The van der Waals surface area contributed by atoms with Gasteiger partial charge in [0, 0.05) is 20.2 Å². The standard InChI is InChI=1S/C12H22N6O3/c1-8(2)7-17(5-6-21-4)11-10(18(19)20)9(3)14-12(15-11)16-13/h8H,5-7,13H2,1-4H3,(H,14,15,16). The molecule has 0 aromatic carbocycles. The Balaban J connectivity index is 3.31. The molecular weight excluding hydrogens is 276 g/mol. The Kier molecular flexibility index (Phi) is 6.25. The van der Waals surface area contributed by atoms with Gasteiger partial charge >= 0.3 is 5.69 Å². The van der Waals surface area contributed by atoms with E-state index >= 15 is 0 Å². The van der Waals surface area contributed by atoms with Crippen molar-refractivity contribution in [2.75, 3.05) is 37.1 Å². The molecule has 0 aliphatic carbocycles. The van der Waals surface area contributed by atoms with E-state index < -0.39 is 4.92 Å². The molecule has 0 spiro atoms. The van der Waals surface area contributed by atoms with E-state index in [9.17, 15) is 10.1 Å². The highest BCUT2D eigenvalue weighted by Gasteiger charge is 2.26. The molecule has 0 amide bonds. The Morgan fingerprint density at radius 3 is 2.62 bits per heavy atom. The minimum Gasteiger partial charge on any atom is -0.383 e. The zero-order valence-electron chi connectivity index (χ0n) is 12.8. The predicted octanol–water partition coefficient (Wildman–Crippen LogP) is 1.09. The molecule has 0 aliphatic rings. The highest BCUT2D eigenvalue weighted by atomic mass is 16.6. The number of nitrogens with two attached hydrogens (primary N) is 1. The maximum absolute atomic E-state index is 11.3. The zero-order chi connectivity index (χ0) is 16.0. The molecule has 1 rings (SSSR count). The lowest BCUT2D eigenvalue weighted by Gasteiger charge is -2.25. The Morgan fingerprint density at radius 2 is 2.14 bits per heavy atom. The number of nitrogen functional groups attached to an aromatic ring is 1. The molecule has 3 N–H and O–H groups in total. The van der Waals surface area contributed by atoms with Gasteiger partial charge < -0.3 is 9.64 Å². The van der Waals surface area contributed by atoms with E-state index in [1.54, 1.807) is 14.0 Å². The van der Waals surface area contributed by atoms with Crippen molar-refractivity contribution in [1.29, 1.82) is 0 Å². The molecule has 0 radical (unpaired) electrons. The largest absolute Gasteiger partial charge is 0.383 e. The second-order valence-electron chi connectivity index (χ2n) is 5.04. The normalized spacial score (nSPS) is 10.8. The molecule has 118 valence electrons. The predicted molar refractivity (Wildman–Crippen MR) is 80.2 cm³/mol. The smallest absolute Gasteiger partial charge is 0.332 e. The Labute approximate surface area is 123 Å². The van der Waals surface area contributed by atoms with Gasteiger partial charge in [0.2, 0.25) is 11.8 Å². The molecule has 0 fully saturated rings. The second kappa shape index (κ2) is 7.70. The maximum Gasteiger partial charge on any atom is 0.332 e. The summed E-state index contributed by atoms with van der Waals surface area (Å²) in [5, 5.41) is 11.3. The zero-order valence-corrected chi connectivity index (χ0v) is 12.8. The summed E-state index contributed by atoms with van der Waals surface area (Å²) in [6.07, 6.45) is 0. The quantitative estimate of drug-likeness (QED) is 0.416. The van der Waals surface area contributed by atoms with Crippen molar-refractivity contribution in [3.8, 4) is 0 Å². The van der Waals surface area contributed by atoms with Crippen LogP contribution in [0.2, 0.25) is 0 Å². The fourth-order valence-electron chi connectivity index (χ4n) is 1.98. The third-order valence-corrected chi connectivity index (χ3v) is 2.80. The van der Waals surface area contributed by atoms with Crippen LogP contribution in [0.4, 0.5) is 17.5 Å². The summed E-state index contributed by atoms with van der Waals surface area (Å²) in [4.78, 5) is 20.8. The number of anilines is 2. The SMILES string of the molecule is COCCN(CC(C)C)c1nc(NN)nc(C)c1[N+](=O)[O-]. The van der Waals surface area contributed by atoms with Gasteiger partial charge in [-0.1, -0.05) is 13.8 Å². The molecule has 1 aromatic rings. The minimum atomic E-state index is -0.467. The fraction of sp³-hybridized carbons (Fsp3) is 0.667. The molecule has 0 saturated carbocycles. The summed E-state index contributed by atoms with van der Waals surface area (Å²) in [5.41, 5.74) is 2.50. The molecule has 9 heteroatoms. The summed E-state index contributed by atoms with van der Waals surface area (Å²) in [7, 11) is 1.58. The highest BCUT2D eigenvalue weighted by molar-refractivity contribution is 5.62. The molecule has 0 aliphatic heterocycles. The molecule has 1 heterocycles. The summed E-state index contributed by atoms with van der Waals surface area (Å²) < 4.78 is 5.07. The first-order chi connectivity index (χ1) is 9.90. The molecule has 0 atom stereocenters. The monoisotopic (exact) mass is 298 g/mol. The number of nitrogens with one attached hydrogen (secondary N) is 1. The number of aryl methyl sites for hydroxylation is 1. The number of methoxy groups -OCH3 is 1. The maximum atomic E-state index is 11.3. The first-order valence-electron chi connectivity index (χ1n) is 6.64. The van der Waals surface area contributed by atoms with Crippen LogP contribution < -0.4 is 16.2 Å². The number of hydrogen-bond donors (Lipinski definition) is 2. The average Bonchev–Trinajstić information content (AvgIpc) is 2.41. The first kappa shape index (κ1) is 17.1. The van der Waals surface area contributed by atoms with Gasteiger partial charge in [-0.3, -0.25) is 15.5 Å². The van der Waals surface area contributed by atoms with E-state index in [0.29, 0.717) is 25.6 Å². The molecule has 21 heavy (non-hydrogen) atoms. The number of hydrazine groups is 1. The van der Waals surface area contributed by atoms with Crippen LogP contribution in [0, 0.1) is 23.0 Å². The minimum absolute atomic E-state index is 0.106. The van der Waals surface area contributed by atoms with Crippen molar-refractivity contribution in [1.82, 2.24) is 9.97 Å². The van der Waals surface area contributed by atoms with E-state index in [1.807, 2.05) is 18.7 Å². The first-order valence-corrected chi connectivity index (χ1v) is 6.64. The van der Waals surface area contributed by atoms with E-state index in [-0.39, 0.29) is 23.1 Å². The topological polar surface area (TPSA) is 119 Å². The van der Waals surface area contributed by atoms with Crippen LogP contribution in [0.3, 0.4) is 0 Å². The van der Waals surface area contributed by atoms with Gasteiger partial charge in [0.25, 0.3) is 0 Å². The second-order valence-corrected chi connectivity index (χ2v) is 5.04. The van der Waals surface area contributed by atoms with Crippen LogP contribution in [0.5, 0.6) is 0 Å². The Hall–Kier alpha value is -2.00. The van der Waals surface area contributed by atoms with Crippen molar-refractivity contribution in [3.63, 3.8) is 0 Å². The average molecular weight is 298 g/mol. The van der Waals surface area contributed by atoms with Gasteiger partial charge in [-0.25, -0.2) is 10.8 Å². The van der Waals surface area contributed by atoms with E-state index in [0.717, 1.165) is 0 Å². The van der Waals surface area contributed by atoms with Gasteiger partial charge in [0.15, 0.2) is 0 Å². The van der Waals surface area contributed by atoms with E-state index in [1.165, 1.54) is 0 Å². The Bertz CT molecular complexity index is 494.